The van der Waals surface area contributed by atoms with E-state index in [0.717, 1.165) is 34.4 Å². The summed E-state index contributed by atoms with van der Waals surface area (Å²) in [4.78, 5) is 112. The van der Waals surface area contributed by atoms with Gasteiger partial charge >= 0.3 is 90.0 Å². The number of alkyl halides is 2. The number of nitrogens with two attached hydrogens (primary N) is 4. The van der Waals surface area contributed by atoms with Crippen LogP contribution in [0.3, 0.4) is 0 Å². The van der Waals surface area contributed by atoms with Crippen molar-refractivity contribution in [2.75, 3.05) is 48.5 Å². The number of aromatic nitrogens is 16. The Bertz CT molecular complexity index is 4190. The second-order valence-electron chi connectivity index (χ2n) is 21.0. The second-order valence-corrected chi connectivity index (χ2v) is 27.6. The van der Waals surface area contributed by atoms with Gasteiger partial charge < -0.3 is 86.8 Å². The molecule has 6 fully saturated rings. The number of aliphatic hydroxyl groups is 2. The van der Waals surface area contributed by atoms with Gasteiger partial charge in [-0.3, -0.25) is 74.1 Å². The Kier molecular flexibility index (Phi) is 21.6. The van der Waals surface area contributed by atoms with Crippen LogP contribution in [0.2, 0.25) is 0 Å². The Labute approximate surface area is 569 Å². The van der Waals surface area contributed by atoms with Crippen molar-refractivity contribution in [3.8, 4) is 0 Å². The molecule has 20 unspecified atom stereocenters. The minimum Gasteiger partial charge on any atom is -1.00 e. The predicted molar refractivity (Wildman–Crippen MR) is 304 cm³/mol. The van der Waals surface area contributed by atoms with E-state index in [9.17, 15) is 57.6 Å². The van der Waals surface area contributed by atoms with Gasteiger partial charge in [0.05, 0.1) is 63.1 Å². The zero-order chi connectivity index (χ0) is 63.7. The molecule has 52 heteroatoms. The van der Waals surface area contributed by atoms with E-state index in [4.69, 9.17) is 69.0 Å². The van der Waals surface area contributed by atoms with E-state index in [1.54, 1.807) is 0 Å². The fraction of sp³-hybridized carbons (Fsp3) is 0.524. The van der Waals surface area contributed by atoms with Gasteiger partial charge in [0.1, 0.15) is 72.5 Å². The zero-order valence-corrected chi connectivity index (χ0v) is 56.3. The van der Waals surface area contributed by atoms with Crippen LogP contribution < -0.4 is 105 Å². The van der Waals surface area contributed by atoms with Crippen LogP contribution in [-0.2, 0) is 64.4 Å². The molecular weight excluding hydrogens is 1370 g/mol. The Morgan fingerprint density at radius 1 is 0.489 bits per heavy atom. The molecule has 0 saturated carbocycles. The molecule has 22 N–H and O–H groups in total. The van der Waals surface area contributed by atoms with Crippen LogP contribution in [-0.4, -0.2) is 207 Å². The van der Waals surface area contributed by atoms with Gasteiger partial charge in [-0.05, 0) is 12.8 Å². The number of phosphoric ester groups is 2. The van der Waals surface area contributed by atoms with E-state index in [1.807, 2.05) is 0 Å². The molecular formula is C42H58F2N22Na2O22P4. The van der Waals surface area contributed by atoms with Crippen molar-refractivity contribution in [1.82, 2.24) is 90.4 Å². The molecule has 20 atom stereocenters. The molecule has 504 valence electrons. The van der Waals surface area contributed by atoms with E-state index in [1.165, 1.54) is 21.8 Å². The number of rotatable bonds is 4. The fourth-order valence-electron chi connectivity index (χ4n) is 11.1. The molecule has 6 aliphatic heterocycles. The van der Waals surface area contributed by atoms with Crippen LogP contribution in [0.5, 0.6) is 0 Å². The molecule has 8 aromatic rings. The first-order valence-electron chi connectivity index (χ1n) is 26.5. The molecule has 14 rings (SSSR count). The summed E-state index contributed by atoms with van der Waals surface area (Å²) >= 11 is 0. The molecule has 6 aliphatic rings. The average molecular weight is 1430 g/mol. The molecule has 0 amide bonds. The molecule has 0 spiro atoms. The van der Waals surface area contributed by atoms with Crippen molar-refractivity contribution in [3.05, 3.63) is 58.7 Å². The Morgan fingerprint density at radius 3 is 1.20 bits per heavy atom. The molecule has 94 heavy (non-hydrogen) atoms. The number of fused-ring (bicyclic) bond motifs is 10. The first kappa shape index (κ1) is 73.3. The number of halogens is 2. The van der Waals surface area contributed by atoms with E-state index in [2.05, 4.69) is 59.8 Å². The number of nitrogens with zero attached hydrogens (tertiary/aromatic N) is 14. The van der Waals surface area contributed by atoms with E-state index < -0.39 is 179 Å². The predicted octanol–water partition coefficient (Wildman–Crippen LogP) is -7.25. The van der Waals surface area contributed by atoms with Gasteiger partial charge in [0, 0.05) is 0 Å². The smallest absolute Gasteiger partial charge is 1.00 e. The topological polar surface area (TPSA) is 670 Å². The van der Waals surface area contributed by atoms with E-state index in [0.29, 0.717) is 0 Å². The van der Waals surface area contributed by atoms with Crippen LogP contribution in [0.15, 0.2) is 47.6 Å². The number of hydrogen-bond acceptors (Lipinski definition) is 34. The standard InChI is InChI=1S/2C21H25FN10O11P2.2H3N.2Na.2H/c2*22-9-13-7(40-19(9)31-5-27-10-15(23)25-4-26-16(10)31)1-2-44(35,36)42-14-12(33)8(3-39-45(37,38)43-13)41-20(14)32-6-28-11-17(32)29-21(24)30-18(11)34;;;;;;/h2*4-9,12-14,19-20,33H,1-3H2,(H,35,36)(H,37,38)(H2,23,25,26)(H3,24,29,30,34);2*1H3;;;;/q;;;;2*+1;2*-1. The first-order chi connectivity index (χ1) is 42.6. The monoisotopic (exact) mass is 1430 g/mol. The van der Waals surface area contributed by atoms with Crippen LogP contribution in [0.1, 0.15) is 40.6 Å². The minimum atomic E-state index is -5.09. The van der Waals surface area contributed by atoms with Crippen LogP contribution in [0.25, 0.3) is 44.7 Å². The number of hydrogen-bond donors (Lipinski definition) is 14. The molecule has 0 aromatic carbocycles. The van der Waals surface area contributed by atoms with Crippen molar-refractivity contribution in [2.45, 2.75) is 111 Å². The van der Waals surface area contributed by atoms with Gasteiger partial charge in [-0.15, -0.1) is 0 Å². The number of ether oxygens (including phenoxy) is 4. The fourth-order valence-corrected chi connectivity index (χ4v) is 15.6. The number of imidazole rings is 4. The van der Waals surface area contributed by atoms with Crippen molar-refractivity contribution < 1.29 is 165 Å². The maximum Gasteiger partial charge on any atom is 1.00 e. The third-order valence-corrected chi connectivity index (χ3v) is 20.0. The number of H-pyrrole nitrogens is 2. The zero-order valence-electron chi connectivity index (χ0n) is 50.7. The number of aliphatic hydroxyl groups excluding tert-OH is 2. The molecule has 0 radical (unpaired) electrons. The summed E-state index contributed by atoms with van der Waals surface area (Å²) in [5.41, 5.74) is 21.6. The van der Waals surface area contributed by atoms with E-state index in [-0.39, 0.29) is 142 Å². The third kappa shape index (κ3) is 13.9. The van der Waals surface area contributed by atoms with E-state index >= 15 is 8.78 Å². The summed E-state index contributed by atoms with van der Waals surface area (Å²) in [6.45, 7) is -1.63. The Balaban J connectivity index is 0.000000255. The van der Waals surface area contributed by atoms with Gasteiger partial charge in [0.2, 0.25) is 11.9 Å². The molecule has 44 nitrogen and oxygen atoms in total. The Morgan fingerprint density at radius 2 is 0.830 bits per heavy atom. The minimum absolute atomic E-state index is 0. The van der Waals surface area contributed by atoms with Crippen LogP contribution >= 0.6 is 30.8 Å². The summed E-state index contributed by atoms with van der Waals surface area (Å²) in [5.74, 6) is -0.503. The summed E-state index contributed by atoms with van der Waals surface area (Å²) in [6, 6.07) is 0. The summed E-state index contributed by atoms with van der Waals surface area (Å²) in [6.07, 6.45) is -21.3. The normalized spacial score (nSPS) is 36.1. The van der Waals surface area contributed by atoms with Gasteiger partial charge in [0.25, 0.3) is 11.1 Å². The van der Waals surface area contributed by atoms with Crippen molar-refractivity contribution in [2.24, 2.45) is 0 Å². The average Bonchev–Trinajstić information content (AvgIpc) is 1.62. The number of nitrogen functional groups attached to an aromatic ring is 4. The number of anilines is 4. The summed E-state index contributed by atoms with van der Waals surface area (Å²) in [5, 5.41) is 22.1. The molecule has 0 aliphatic carbocycles. The largest absolute Gasteiger partial charge is 1.00 e. The van der Waals surface area contributed by atoms with Crippen LogP contribution in [0, 0.1) is 0 Å². The summed E-state index contributed by atoms with van der Waals surface area (Å²) < 4.78 is 144. The maximum atomic E-state index is 15.9. The van der Waals surface area contributed by atoms with Crippen LogP contribution in [0.4, 0.5) is 32.3 Å². The van der Waals surface area contributed by atoms with Crippen molar-refractivity contribution in [1.29, 1.82) is 0 Å². The quantitative estimate of drug-likeness (QED) is 0.0575. The molecule has 8 aromatic heterocycles. The number of nitrogens with one attached hydrogen (secondary N) is 2. The molecule has 4 bridgehead atoms. The second kappa shape index (κ2) is 27.8. The van der Waals surface area contributed by atoms with Crippen molar-refractivity contribution >= 4 is 99.0 Å². The third-order valence-electron chi connectivity index (χ3n) is 15.2. The number of aromatic amines is 2. The maximum absolute atomic E-state index is 15.9. The summed E-state index contributed by atoms with van der Waals surface area (Å²) in [7, 11) is -19.5. The van der Waals surface area contributed by atoms with Crippen molar-refractivity contribution in [3.63, 3.8) is 0 Å². The Hall–Kier alpha value is -4.94. The van der Waals surface area contributed by atoms with Gasteiger partial charge in [-0.2, -0.15) is 9.97 Å². The first-order valence-corrected chi connectivity index (χ1v) is 33.0. The van der Waals surface area contributed by atoms with Gasteiger partial charge in [-0.25, -0.2) is 57.8 Å². The SMILES string of the molecule is N.N.Nc1nc2c(ncn2C2OC3COP(=O)(O)OC4C(CCP(=O)(O)OC2C3O)OC(n2cnc3c(N)ncnc32)C4F)c(=O)[nH]1.Nc1nc2c(ncn2C2OC3COP(=O)(O)OC4C(CCP(=O)(O)OC2C3O)OC(n2cnc3c(N)ncnc32)C4F)c(=O)[nH]1.[H-].[H-].[Na+].[Na+]. The number of phosphoric acid groups is 2. The van der Waals surface area contributed by atoms with Gasteiger partial charge in [0.15, 0.2) is 82.5 Å². The molecule has 14 heterocycles. The molecule has 6 saturated heterocycles. The van der Waals surface area contributed by atoms with Gasteiger partial charge in [-0.1, -0.05) is 0 Å².